The maximum Gasteiger partial charge on any atom is 0.287 e. The van der Waals surface area contributed by atoms with Crippen molar-refractivity contribution in [3.05, 3.63) is 71.9 Å². The number of hydrogen-bond acceptors (Lipinski definition) is 3. The van der Waals surface area contributed by atoms with E-state index in [1.54, 1.807) is 16.7 Å². The number of nitrogens with one attached hydrogen (secondary N) is 3. The first-order chi connectivity index (χ1) is 14.0. The summed E-state index contributed by atoms with van der Waals surface area (Å²) >= 11 is 0. The number of hydrogen-bond donors (Lipinski definition) is 3. The zero-order valence-electron chi connectivity index (χ0n) is 16.4. The van der Waals surface area contributed by atoms with Crippen LogP contribution >= 0.6 is 0 Å². The summed E-state index contributed by atoms with van der Waals surface area (Å²) < 4.78 is 1.65. The number of para-hydroxylation sites is 1. The first-order valence-electron chi connectivity index (χ1n) is 9.65. The van der Waals surface area contributed by atoms with E-state index in [4.69, 9.17) is 0 Å². The molecule has 1 aromatic carbocycles. The lowest BCUT2D eigenvalue weighted by atomic mass is 10.1. The van der Waals surface area contributed by atoms with Crippen LogP contribution in [0.5, 0.6) is 0 Å². The molecule has 4 aromatic rings. The molecular formula is C22H23N5O2. The molecule has 7 nitrogen and oxygen atoms in total. The number of aromatic amines is 1. The number of imidazole rings is 1. The molecule has 0 aliphatic heterocycles. The largest absolute Gasteiger partial charge is 0.361 e. The highest BCUT2D eigenvalue weighted by Gasteiger charge is 2.21. The van der Waals surface area contributed by atoms with E-state index in [0.717, 1.165) is 16.5 Å². The van der Waals surface area contributed by atoms with E-state index >= 15 is 0 Å². The van der Waals surface area contributed by atoms with Crippen molar-refractivity contribution in [3.63, 3.8) is 0 Å². The smallest absolute Gasteiger partial charge is 0.287 e. The van der Waals surface area contributed by atoms with Crippen LogP contribution in [0.3, 0.4) is 0 Å². The van der Waals surface area contributed by atoms with Gasteiger partial charge in [-0.25, -0.2) is 4.98 Å². The standard InChI is InChI=1S/C22H23N5O2/c1-14(2)25-21(28)19-18-9-5-6-12-27(18)20(26-19)22(29)23-11-10-15-13-24-17-8-4-3-7-16(15)17/h3-9,12-14,24H,10-11H2,1-2H3,(H,23,29)(H,25,28). The average molecular weight is 389 g/mol. The van der Waals surface area contributed by atoms with E-state index in [1.165, 1.54) is 0 Å². The Kier molecular flexibility index (Phi) is 5.03. The Bertz CT molecular complexity index is 1190. The SMILES string of the molecule is CC(C)NC(=O)c1nc(C(=O)NCCc2c[nH]c3ccccc23)n2ccccc12. The second kappa shape index (κ2) is 7.79. The quantitative estimate of drug-likeness (QED) is 0.473. The number of carbonyl (C=O) groups is 2. The van der Waals surface area contributed by atoms with Crippen LogP contribution in [0.2, 0.25) is 0 Å². The van der Waals surface area contributed by atoms with Gasteiger partial charge in [0, 0.05) is 35.9 Å². The number of pyridine rings is 1. The van der Waals surface area contributed by atoms with Gasteiger partial charge in [0.05, 0.1) is 5.52 Å². The lowest BCUT2D eigenvalue weighted by Gasteiger charge is -2.06. The Labute approximate surface area is 168 Å². The van der Waals surface area contributed by atoms with Crippen LogP contribution in [0, 0.1) is 0 Å². The monoisotopic (exact) mass is 389 g/mol. The van der Waals surface area contributed by atoms with Gasteiger partial charge in [-0.15, -0.1) is 0 Å². The molecule has 148 valence electrons. The fourth-order valence-electron chi connectivity index (χ4n) is 3.42. The summed E-state index contributed by atoms with van der Waals surface area (Å²) in [6, 6.07) is 13.5. The maximum atomic E-state index is 12.8. The molecule has 0 aliphatic carbocycles. The molecule has 0 unspecified atom stereocenters. The minimum Gasteiger partial charge on any atom is -0.361 e. The lowest BCUT2D eigenvalue weighted by molar-refractivity contribution is 0.0940. The number of rotatable bonds is 6. The third-order valence-corrected chi connectivity index (χ3v) is 4.74. The molecule has 3 N–H and O–H groups in total. The predicted molar refractivity (Wildman–Crippen MR) is 112 cm³/mol. The van der Waals surface area contributed by atoms with Crippen molar-refractivity contribution in [2.45, 2.75) is 26.3 Å². The van der Waals surface area contributed by atoms with E-state index in [9.17, 15) is 9.59 Å². The van der Waals surface area contributed by atoms with Gasteiger partial charge < -0.3 is 15.6 Å². The highest BCUT2D eigenvalue weighted by molar-refractivity contribution is 6.02. The average Bonchev–Trinajstić information content (AvgIpc) is 3.29. The number of benzene rings is 1. The zero-order valence-corrected chi connectivity index (χ0v) is 16.4. The fraction of sp³-hybridized carbons (Fsp3) is 0.227. The maximum absolute atomic E-state index is 12.8. The summed E-state index contributed by atoms with van der Waals surface area (Å²) in [5.41, 5.74) is 3.08. The Balaban J connectivity index is 1.52. The number of H-pyrrole nitrogens is 1. The van der Waals surface area contributed by atoms with Gasteiger partial charge in [-0.05, 0) is 44.0 Å². The van der Waals surface area contributed by atoms with Gasteiger partial charge >= 0.3 is 0 Å². The van der Waals surface area contributed by atoms with E-state index in [1.807, 2.05) is 50.4 Å². The molecule has 3 heterocycles. The number of aromatic nitrogens is 3. The number of fused-ring (bicyclic) bond motifs is 2. The summed E-state index contributed by atoms with van der Waals surface area (Å²) in [5.74, 6) is -0.399. The highest BCUT2D eigenvalue weighted by atomic mass is 16.2. The molecule has 0 saturated heterocycles. The van der Waals surface area contributed by atoms with E-state index in [0.29, 0.717) is 18.5 Å². The van der Waals surface area contributed by atoms with Crippen molar-refractivity contribution in [3.8, 4) is 0 Å². The normalized spacial score (nSPS) is 11.3. The first-order valence-corrected chi connectivity index (χ1v) is 9.65. The van der Waals surface area contributed by atoms with Crippen molar-refractivity contribution in [2.24, 2.45) is 0 Å². The van der Waals surface area contributed by atoms with E-state index < -0.39 is 0 Å². The Morgan fingerprint density at radius 1 is 1.10 bits per heavy atom. The highest BCUT2D eigenvalue weighted by Crippen LogP contribution is 2.18. The van der Waals surface area contributed by atoms with Crippen LogP contribution in [-0.4, -0.2) is 38.8 Å². The van der Waals surface area contributed by atoms with Crippen molar-refractivity contribution in [1.82, 2.24) is 25.0 Å². The van der Waals surface area contributed by atoms with Crippen molar-refractivity contribution in [2.75, 3.05) is 6.54 Å². The summed E-state index contributed by atoms with van der Waals surface area (Å²) in [4.78, 5) is 32.8. The van der Waals surface area contributed by atoms with Crippen LogP contribution in [0.25, 0.3) is 16.4 Å². The third kappa shape index (κ3) is 3.71. The van der Waals surface area contributed by atoms with Gasteiger partial charge in [0.2, 0.25) is 5.82 Å². The topological polar surface area (TPSA) is 91.3 Å². The molecule has 29 heavy (non-hydrogen) atoms. The first kappa shape index (κ1) is 18.7. The van der Waals surface area contributed by atoms with Crippen LogP contribution in [0.4, 0.5) is 0 Å². The van der Waals surface area contributed by atoms with Crippen LogP contribution < -0.4 is 10.6 Å². The summed E-state index contributed by atoms with van der Waals surface area (Å²) in [7, 11) is 0. The Hall–Kier alpha value is -3.61. The van der Waals surface area contributed by atoms with Crippen molar-refractivity contribution >= 4 is 28.2 Å². The minimum absolute atomic E-state index is 0.0172. The van der Waals surface area contributed by atoms with Crippen LogP contribution in [0.1, 0.15) is 40.5 Å². The number of carbonyl (C=O) groups excluding carboxylic acids is 2. The molecule has 3 aromatic heterocycles. The van der Waals surface area contributed by atoms with E-state index in [2.05, 4.69) is 26.7 Å². The summed E-state index contributed by atoms with van der Waals surface area (Å²) in [6.45, 7) is 4.24. The Morgan fingerprint density at radius 3 is 2.72 bits per heavy atom. The van der Waals surface area contributed by atoms with Gasteiger partial charge in [-0.2, -0.15) is 0 Å². The minimum atomic E-state index is -0.311. The molecule has 0 bridgehead atoms. The number of amides is 2. The summed E-state index contributed by atoms with van der Waals surface area (Å²) in [6.07, 6.45) is 4.40. The molecule has 2 amide bonds. The van der Waals surface area contributed by atoms with Crippen molar-refractivity contribution < 1.29 is 9.59 Å². The number of nitrogens with zero attached hydrogens (tertiary/aromatic N) is 2. The van der Waals surface area contributed by atoms with Gasteiger partial charge in [0.1, 0.15) is 0 Å². The van der Waals surface area contributed by atoms with Gasteiger partial charge in [-0.1, -0.05) is 24.3 Å². The van der Waals surface area contributed by atoms with Crippen molar-refractivity contribution in [1.29, 1.82) is 0 Å². The second-order valence-corrected chi connectivity index (χ2v) is 7.23. The lowest BCUT2D eigenvalue weighted by Crippen LogP contribution is -2.31. The Morgan fingerprint density at radius 2 is 1.90 bits per heavy atom. The predicted octanol–water partition coefficient (Wildman–Crippen LogP) is 2.93. The molecule has 0 atom stereocenters. The van der Waals surface area contributed by atoms with Crippen LogP contribution in [0.15, 0.2) is 54.9 Å². The fourth-order valence-corrected chi connectivity index (χ4v) is 3.42. The molecule has 0 aliphatic rings. The molecule has 7 heteroatoms. The van der Waals surface area contributed by atoms with Gasteiger partial charge in [0.25, 0.3) is 11.8 Å². The van der Waals surface area contributed by atoms with Gasteiger partial charge in [0.15, 0.2) is 5.69 Å². The van der Waals surface area contributed by atoms with E-state index in [-0.39, 0.29) is 29.4 Å². The molecule has 0 saturated carbocycles. The second-order valence-electron chi connectivity index (χ2n) is 7.23. The summed E-state index contributed by atoms with van der Waals surface area (Å²) in [5, 5.41) is 6.90. The molecular weight excluding hydrogens is 366 g/mol. The molecule has 0 radical (unpaired) electrons. The van der Waals surface area contributed by atoms with Crippen LogP contribution in [-0.2, 0) is 6.42 Å². The molecule has 4 rings (SSSR count). The van der Waals surface area contributed by atoms with Gasteiger partial charge in [-0.3, -0.25) is 14.0 Å². The third-order valence-electron chi connectivity index (χ3n) is 4.74. The molecule has 0 spiro atoms. The zero-order chi connectivity index (χ0) is 20.4. The molecule has 0 fully saturated rings.